The summed E-state index contributed by atoms with van der Waals surface area (Å²) in [6.45, 7) is 4.13. The summed E-state index contributed by atoms with van der Waals surface area (Å²) in [7, 11) is 0. The van der Waals surface area contributed by atoms with E-state index < -0.39 is 89.2 Å². The van der Waals surface area contributed by atoms with Crippen molar-refractivity contribution in [3.63, 3.8) is 0 Å². The first-order valence-corrected chi connectivity index (χ1v) is 16.9. The van der Waals surface area contributed by atoms with Crippen LogP contribution in [0.4, 0.5) is 35.1 Å². The lowest BCUT2D eigenvalue weighted by Gasteiger charge is -2.15. The van der Waals surface area contributed by atoms with Crippen molar-refractivity contribution in [2.75, 3.05) is 0 Å². The van der Waals surface area contributed by atoms with Crippen molar-refractivity contribution < 1.29 is 35.1 Å². The van der Waals surface area contributed by atoms with Crippen molar-refractivity contribution in [1.82, 2.24) is 20.4 Å². The van der Waals surface area contributed by atoms with E-state index >= 15 is 35.1 Å². The average Bonchev–Trinajstić information content (AvgIpc) is 3.69. The van der Waals surface area contributed by atoms with E-state index in [4.69, 9.17) is 0 Å². The molecule has 0 N–H and O–H groups in total. The van der Waals surface area contributed by atoms with Gasteiger partial charge in [0.2, 0.25) is 0 Å². The van der Waals surface area contributed by atoms with Gasteiger partial charge in [0, 0.05) is 12.8 Å². The maximum atomic E-state index is 16.0. The molecule has 0 unspecified atom stereocenters. The van der Waals surface area contributed by atoms with Crippen LogP contribution in [-0.2, 0) is 12.8 Å². The quantitative estimate of drug-likeness (QED) is 0.0505. The standard InChI is InChI=1S/C32H30F8N4S2/c1-3-5-7-9-11-13-15-41-43-31(45-15)21-25(35)17-19(27(37)29(21)39)24(34)20-18(23(17)33)26(36)22(30(40)28(20)38)32-44-42-16(46-32)14-12-10-8-6-4-2/h3-14H2,1-2H3. The van der Waals surface area contributed by atoms with E-state index in [1.54, 1.807) is 0 Å². The Morgan fingerprint density at radius 2 is 0.739 bits per heavy atom. The third kappa shape index (κ3) is 6.34. The zero-order chi connectivity index (χ0) is 33.1. The van der Waals surface area contributed by atoms with E-state index in [-0.39, 0.29) is 0 Å². The molecule has 0 aliphatic heterocycles. The first-order valence-electron chi connectivity index (χ1n) is 15.2. The van der Waals surface area contributed by atoms with E-state index in [0.717, 1.165) is 86.9 Å². The first-order chi connectivity index (χ1) is 22.1. The fourth-order valence-electron chi connectivity index (χ4n) is 5.44. The van der Waals surface area contributed by atoms with Crippen LogP contribution in [0.25, 0.3) is 42.7 Å². The molecule has 0 aliphatic carbocycles. The summed E-state index contributed by atoms with van der Waals surface area (Å²) in [4.78, 5) is 0. The molecule has 246 valence electrons. The number of hydrogen-bond donors (Lipinski definition) is 0. The molecule has 4 nitrogen and oxygen atoms in total. The summed E-state index contributed by atoms with van der Waals surface area (Å²) in [5.41, 5.74) is -2.26. The molecule has 2 aromatic heterocycles. The predicted molar refractivity (Wildman–Crippen MR) is 164 cm³/mol. The van der Waals surface area contributed by atoms with Crippen molar-refractivity contribution in [1.29, 1.82) is 0 Å². The Hall–Kier alpha value is -3.26. The van der Waals surface area contributed by atoms with Crippen LogP contribution >= 0.6 is 22.7 Å². The minimum absolute atomic E-state index is 0.390. The number of benzene rings is 3. The number of aromatic nitrogens is 4. The van der Waals surface area contributed by atoms with Crippen LogP contribution in [0.3, 0.4) is 0 Å². The highest BCUT2D eigenvalue weighted by atomic mass is 32.1. The monoisotopic (exact) mass is 686 g/mol. The van der Waals surface area contributed by atoms with Crippen molar-refractivity contribution in [2.24, 2.45) is 0 Å². The van der Waals surface area contributed by atoms with Crippen LogP contribution in [0.1, 0.15) is 88.1 Å². The summed E-state index contributed by atoms with van der Waals surface area (Å²) in [6, 6.07) is 0. The molecule has 0 amide bonds. The predicted octanol–water partition coefficient (Wildman–Crippen LogP) is 11.2. The molecule has 5 rings (SSSR count). The Kier molecular flexibility index (Phi) is 10.9. The zero-order valence-electron chi connectivity index (χ0n) is 25.1. The number of rotatable bonds is 14. The van der Waals surface area contributed by atoms with Gasteiger partial charge in [-0.05, 0) is 12.8 Å². The molecule has 46 heavy (non-hydrogen) atoms. The summed E-state index contributed by atoms with van der Waals surface area (Å²) >= 11 is 1.49. The van der Waals surface area contributed by atoms with Crippen molar-refractivity contribution in [2.45, 2.75) is 90.9 Å². The summed E-state index contributed by atoms with van der Waals surface area (Å²) < 4.78 is 125. The van der Waals surface area contributed by atoms with E-state index in [2.05, 4.69) is 34.2 Å². The molecular formula is C32H30F8N4S2. The number of hydrogen-bond acceptors (Lipinski definition) is 6. The minimum atomic E-state index is -2.07. The van der Waals surface area contributed by atoms with Gasteiger partial charge in [0.1, 0.15) is 33.3 Å². The summed E-state index contributed by atoms with van der Waals surface area (Å²) in [5.74, 6) is -15.6. The number of unbranched alkanes of at least 4 members (excludes halogenated alkanes) is 8. The SMILES string of the molecule is CCCCCCCc1nnc(-c2c(F)c(F)c3c(F)c4c(F)c(F)c(-c5nnc(CCCCCCC)s5)c(F)c4c(F)c3c2F)s1. The second kappa shape index (κ2) is 14.7. The Balaban J connectivity index is 1.61. The van der Waals surface area contributed by atoms with Crippen molar-refractivity contribution in [3.05, 3.63) is 56.6 Å². The van der Waals surface area contributed by atoms with Gasteiger partial charge in [0.15, 0.2) is 33.3 Å². The van der Waals surface area contributed by atoms with E-state index in [1.807, 2.05) is 0 Å². The van der Waals surface area contributed by atoms with Gasteiger partial charge in [-0.1, -0.05) is 87.9 Å². The van der Waals surface area contributed by atoms with Crippen LogP contribution in [0, 0.1) is 46.5 Å². The normalized spacial score (nSPS) is 11.9. The summed E-state index contributed by atoms with van der Waals surface area (Å²) in [6.07, 6.45) is 10.2. The Labute approximate surface area is 267 Å². The maximum absolute atomic E-state index is 16.0. The molecule has 0 spiro atoms. The van der Waals surface area contributed by atoms with E-state index in [1.165, 1.54) is 0 Å². The highest BCUT2D eigenvalue weighted by molar-refractivity contribution is 7.15. The third-order valence-electron chi connectivity index (χ3n) is 7.87. The minimum Gasteiger partial charge on any atom is -0.205 e. The molecule has 0 saturated heterocycles. The molecule has 2 heterocycles. The lowest BCUT2D eigenvalue weighted by atomic mass is 9.96. The molecule has 0 aliphatic rings. The van der Waals surface area contributed by atoms with Crippen LogP contribution < -0.4 is 0 Å². The molecule has 3 aromatic carbocycles. The molecule has 14 heteroatoms. The van der Waals surface area contributed by atoms with Gasteiger partial charge < -0.3 is 0 Å². The lowest BCUT2D eigenvalue weighted by Crippen LogP contribution is -2.06. The summed E-state index contributed by atoms with van der Waals surface area (Å²) in [5, 5.41) is 8.92. The van der Waals surface area contributed by atoms with E-state index in [9.17, 15) is 0 Å². The highest BCUT2D eigenvalue weighted by Gasteiger charge is 2.34. The molecule has 0 atom stereocenters. The maximum Gasteiger partial charge on any atom is 0.172 e. The number of halogens is 8. The van der Waals surface area contributed by atoms with Gasteiger partial charge in [-0.2, -0.15) is 0 Å². The average molecular weight is 687 g/mol. The number of fused-ring (bicyclic) bond motifs is 2. The smallest absolute Gasteiger partial charge is 0.172 e. The van der Waals surface area contributed by atoms with Gasteiger partial charge in [-0.3, -0.25) is 0 Å². The Bertz CT molecular complexity index is 1760. The van der Waals surface area contributed by atoms with Gasteiger partial charge >= 0.3 is 0 Å². The molecule has 0 radical (unpaired) electrons. The number of nitrogens with zero attached hydrogens (tertiary/aromatic N) is 4. The second-order valence-electron chi connectivity index (χ2n) is 11.1. The highest BCUT2D eigenvalue weighted by Crippen LogP contribution is 2.44. The topological polar surface area (TPSA) is 51.6 Å². The van der Waals surface area contributed by atoms with Crippen LogP contribution in [0.2, 0.25) is 0 Å². The third-order valence-corrected chi connectivity index (χ3v) is 9.87. The first kappa shape index (κ1) is 34.1. The van der Waals surface area contributed by atoms with Gasteiger partial charge in [0.25, 0.3) is 0 Å². The molecule has 5 aromatic rings. The molecule has 0 bridgehead atoms. The van der Waals surface area contributed by atoms with E-state index in [0.29, 0.717) is 22.9 Å². The van der Waals surface area contributed by atoms with Gasteiger partial charge in [-0.25, -0.2) is 35.1 Å². The molecular weight excluding hydrogens is 656 g/mol. The van der Waals surface area contributed by atoms with Crippen molar-refractivity contribution >= 4 is 44.2 Å². The largest absolute Gasteiger partial charge is 0.205 e. The molecule has 0 saturated carbocycles. The molecule has 0 fully saturated rings. The number of aryl methyl sites for hydroxylation is 2. The van der Waals surface area contributed by atoms with Crippen LogP contribution in [0.15, 0.2) is 0 Å². The van der Waals surface area contributed by atoms with Crippen LogP contribution in [0.5, 0.6) is 0 Å². The van der Waals surface area contributed by atoms with Gasteiger partial charge in [0.05, 0.1) is 32.7 Å². The fraction of sp³-hybridized carbons (Fsp3) is 0.438. The fourth-order valence-corrected chi connectivity index (χ4v) is 7.27. The van der Waals surface area contributed by atoms with Crippen molar-refractivity contribution in [3.8, 4) is 21.1 Å². The van der Waals surface area contributed by atoms with Crippen LogP contribution in [-0.4, -0.2) is 20.4 Å². The Morgan fingerprint density at radius 3 is 1.11 bits per heavy atom. The zero-order valence-corrected chi connectivity index (χ0v) is 26.7. The van der Waals surface area contributed by atoms with Gasteiger partial charge in [-0.15, -0.1) is 20.4 Å². The Morgan fingerprint density at radius 1 is 0.391 bits per heavy atom. The lowest BCUT2D eigenvalue weighted by molar-refractivity contribution is 0.494. The second-order valence-corrected chi connectivity index (χ2v) is 13.2.